The van der Waals surface area contributed by atoms with Crippen LogP contribution in [0.4, 0.5) is 5.69 Å². The third-order valence-corrected chi connectivity index (χ3v) is 3.78. The van der Waals surface area contributed by atoms with Gasteiger partial charge in [0, 0.05) is 30.9 Å². The summed E-state index contributed by atoms with van der Waals surface area (Å²) < 4.78 is 7.31. The lowest BCUT2D eigenvalue weighted by molar-refractivity contribution is -0.385. The number of nitrogens with zero attached hydrogens (tertiary/aromatic N) is 2. The number of para-hydroxylation sites is 3. The first-order valence-electron chi connectivity index (χ1n) is 7.82. The summed E-state index contributed by atoms with van der Waals surface area (Å²) in [6.07, 6.45) is 1.97. The average Bonchev–Trinajstić information content (AvgIpc) is 3.03. The standard InChI is InChI=1S/C18H17N3O4/c22-18(13-25-17-8-4-3-7-16(17)21(23)24)19-10-12-20-11-9-14-5-1-2-6-15(14)20/h1-9,11H,10,12-13H2,(H,19,22). The van der Waals surface area contributed by atoms with Gasteiger partial charge < -0.3 is 14.6 Å². The number of aromatic nitrogens is 1. The SMILES string of the molecule is O=C(COc1ccccc1[N+](=O)[O-])NCCn1ccc2ccccc21. The number of hydrogen-bond acceptors (Lipinski definition) is 4. The molecule has 0 saturated heterocycles. The van der Waals surface area contributed by atoms with E-state index in [4.69, 9.17) is 4.74 Å². The van der Waals surface area contributed by atoms with Gasteiger partial charge in [0.1, 0.15) is 0 Å². The van der Waals surface area contributed by atoms with Crippen LogP contribution in [0, 0.1) is 10.1 Å². The number of nitrogens with one attached hydrogen (secondary N) is 1. The van der Waals surface area contributed by atoms with E-state index in [-0.39, 0.29) is 24.0 Å². The molecule has 7 heteroatoms. The first kappa shape index (κ1) is 16.5. The zero-order valence-electron chi connectivity index (χ0n) is 13.4. The number of amides is 1. The molecule has 1 heterocycles. The minimum Gasteiger partial charge on any atom is -0.477 e. The van der Waals surface area contributed by atoms with Crippen molar-refractivity contribution in [2.24, 2.45) is 0 Å². The Morgan fingerprint density at radius 2 is 1.88 bits per heavy atom. The molecule has 2 aromatic carbocycles. The predicted molar refractivity (Wildman–Crippen MR) is 93.5 cm³/mol. The van der Waals surface area contributed by atoms with E-state index in [1.807, 2.05) is 36.5 Å². The van der Waals surface area contributed by atoms with Gasteiger partial charge in [-0.25, -0.2) is 0 Å². The van der Waals surface area contributed by atoms with Crippen molar-refractivity contribution in [2.75, 3.05) is 13.2 Å². The van der Waals surface area contributed by atoms with Crippen molar-refractivity contribution in [3.63, 3.8) is 0 Å². The van der Waals surface area contributed by atoms with Crippen molar-refractivity contribution in [1.29, 1.82) is 0 Å². The van der Waals surface area contributed by atoms with Crippen LogP contribution in [0.5, 0.6) is 5.75 Å². The molecule has 128 valence electrons. The number of nitro groups is 1. The van der Waals surface area contributed by atoms with Crippen molar-refractivity contribution >= 4 is 22.5 Å². The van der Waals surface area contributed by atoms with Crippen molar-refractivity contribution in [3.05, 3.63) is 70.9 Å². The summed E-state index contributed by atoms with van der Waals surface area (Å²) in [5.41, 5.74) is 0.946. The highest BCUT2D eigenvalue weighted by molar-refractivity contribution is 5.80. The van der Waals surface area contributed by atoms with Crippen molar-refractivity contribution in [1.82, 2.24) is 9.88 Å². The summed E-state index contributed by atoms with van der Waals surface area (Å²) in [7, 11) is 0. The Hall–Kier alpha value is -3.35. The van der Waals surface area contributed by atoms with Gasteiger partial charge in [0.2, 0.25) is 0 Å². The molecule has 0 fully saturated rings. The van der Waals surface area contributed by atoms with Crippen LogP contribution in [-0.4, -0.2) is 28.5 Å². The summed E-state index contributed by atoms with van der Waals surface area (Å²) in [4.78, 5) is 22.2. The van der Waals surface area contributed by atoms with E-state index in [2.05, 4.69) is 9.88 Å². The van der Waals surface area contributed by atoms with Crippen molar-refractivity contribution < 1.29 is 14.5 Å². The highest BCUT2D eigenvalue weighted by Gasteiger charge is 2.14. The Morgan fingerprint density at radius 3 is 2.72 bits per heavy atom. The monoisotopic (exact) mass is 339 g/mol. The highest BCUT2D eigenvalue weighted by atomic mass is 16.6. The second-order valence-electron chi connectivity index (χ2n) is 5.43. The Bertz CT molecular complexity index is 904. The van der Waals surface area contributed by atoms with E-state index >= 15 is 0 Å². The fourth-order valence-corrected chi connectivity index (χ4v) is 2.58. The van der Waals surface area contributed by atoms with Crippen LogP contribution in [0.3, 0.4) is 0 Å². The molecule has 0 spiro atoms. The molecule has 0 aliphatic carbocycles. The zero-order chi connectivity index (χ0) is 17.6. The maximum absolute atomic E-state index is 11.9. The Balaban J connectivity index is 1.50. The Morgan fingerprint density at radius 1 is 1.12 bits per heavy atom. The molecule has 7 nitrogen and oxygen atoms in total. The molecule has 0 atom stereocenters. The molecule has 0 aliphatic rings. The number of nitro benzene ring substituents is 1. The zero-order valence-corrected chi connectivity index (χ0v) is 13.4. The molecule has 1 aromatic heterocycles. The first-order chi connectivity index (χ1) is 12.1. The lowest BCUT2D eigenvalue weighted by Crippen LogP contribution is -2.31. The van der Waals surface area contributed by atoms with Gasteiger partial charge in [-0.2, -0.15) is 0 Å². The fourth-order valence-electron chi connectivity index (χ4n) is 2.58. The number of carbonyl (C=O) groups is 1. The molecule has 25 heavy (non-hydrogen) atoms. The first-order valence-corrected chi connectivity index (χ1v) is 7.82. The molecule has 0 aliphatic heterocycles. The van der Waals surface area contributed by atoms with Gasteiger partial charge in [0.25, 0.3) is 5.91 Å². The second-order valence-corrected chi connectivity index (χ2v) is 5.43. The largest absolute Gasteiger partial charge is 0.477 e. The van der Waals surface area contributed by atoms with E-state index in [1.165, 1.54) is 12.1 Å². The summed E-state index contributed by atoms with van der Waals surface area (Å²) in [6.45, 7) is 0.805. The van der Waals surface area contributed by atoms with Crippen LogP contribution in [0.25, 0.3) is 10.9 Å². The van der Waals surface area contributed by atoms with Gasteiger partial charge in [-0.1, -0.05) is 30.3 Å². The van der Waals surface area contributed by atoms with Crippen molar-refractivity contribution in [3.8, 4) is 5.75 Å². The fraction of sp³-hybridized carbons (Fsp3) is 0.167. The van der Waals surface area contributed by atoms with Crippen LogP contribution in [-0.2, 0) is 11.3 Å². The maximum Gasteiger partial charge on any atom is 0.310 e. The topological polar surface area (TPSA) is 86.4 Å². The molecule has 0 saturated carbocycles. The molecular weight excluding hydrogens is 322 g/mol. The molecule has 1 N–H and O–H groups in total. The number of carbonyl (C=O) groups excluding carboxylic acids is 1. The lowest BCUT2D eigenvalue weighted by Gasteiger charge is -2.09. The lowest BCUT2D eigenvalue weighted by atomic mass is 10.2. The summed E-state index contributed by atoms with van der Waals surface area (Å²) in [5.74, 6) is -0.242. The average molecular weight is 339 g/mol. The molecule has 1 amide bonds. The summed E-state index contributed by atoms with van der Waals surface area (Å²) in [5, 5.41) is 14.8. The van der Waals surface area contributed by atoms with Gasteiger partial charge in [-0.15, -0.1) is 0 Å². The smallest absolute Gasteiger partial charge is 0.310 e. The van der Waals surface area contributed by atoms with Crippen LogP contribution >= 0.6 is 0 Å². The second kappa shape index (κ2) is 7.48. The third-order valence-electron chi connectivity index (χ3n) is 3.78. The van der Waals surface area contributed by atoms with E-state index < -0.39 is 4.92 Å². The van der Waals surface area contributed by atoms with E-state index in [0.29, 0.717) is 13.1 Å². The maximum atomic E-state index is 11.9. The number of hydrogen-bond donors (Lipinski definition) is 1. The van der Waals surface area contributed by atoms with Gasteiger partial charge >= 0.3 is 5.69 Å². The van der Waals surface area contributed by atoms with Gasteiger partial charge in [0.15, 0.2) is 12.4 Å². The van der Waals surface area contributed by atoms with E-state index in [0.717, 1.165) is 10.9 Å². The van der Waals surface area contributed by atoms with Crippen LogP contribution in [0.2, 0.25) is 0 Å². The van der Waals surface area contributed by atoms with E-state index in [1.54, 1.807) is 12.1 Å². The van der Waals surface area contributed by atoms with Gasteiger partial charge in [-0.3, -0.25) is 14.9 Å². The van der Waals surface area contributed by atoms with Crippen LogP contribution in [0.1, 0.15) is 0 Å². The number of ether oxygens (including phenoxy) is 1. The van der Waals surface area contributed by atoms with Crippen LogP contribution in [0.15, 0.2) is 60.8 Å². The Kier molecular flexibility index (Phi) is 4.94. The normalized spacial score (nSPS) is 10.6. The Labute approximate surface area is 144 Å². The number of fused-ring (bicyclic) bond motifs is 1. The number of rotatable bonds is 7. The highest BCUT2D eigenvalue weighted by Crippen LogP contribution is 2.25. The minimum atomic E-state index is -0.537. The molecule has 0 radical (unpaired) electrons. The minimum absolute atomic E-state index is 0.0825. The van der Waals surface area contributed by atoms with Gasteiger partial charge in [0.05, 0.1) is 4.92 Å². The summed E-state index contributed by atoms with van der Waals surface area (Å²) >= 11 is 0. The predicted octanol–water partition coefficient (Wildman–Crippen LogP) is 2.74. The molecule has 3 rings (SSSR count). The quantitative estimate of drug-likeness (QED) is 0.530. The van der Waals surface area contributed by atoms with E-state index in [9.17, 15) is 14.9 Å². The third kappa shape index (κ3) is 3.95. The molecular formula is C18H17N3O4. The van der Waals surface area contributed by atoms with Crippen molar-refractivity contribution in [2.45, 2.75) is 6.54 Å². The molecule has 0 bridgehead atoms. The molecule has 0 unspecified atom stereocenters. The van der Waals surface area contributed by atoms with Crippen LogP contribution < -0.4 is 10.1 Å². The summed E-state index contributed by atoms with van der Waals surface area (Å²) in [6, 6.07) is 16.0. The number of benzene rings is 2. The van der Waals surface area contributed by atoms with Gasteiger partial charge in [-0.05, 0) is 23.6 Å². The molecule has 3 aromatic rings.